The standard InChI is InChI=1S/C8H8INO.H2/c1-6(11)10-8-4-2-3-7(9)5-8;/h2-5H,1H3,(H,10,11);1H. The minimum atomic E-state index is -0.0352. The Morgan fingerprint density at radius 3 is 2.91 bits per heavy atom. The maximum atomic E-state index is 10.6. The molecule has 0 radical (unpaired) electrons. The van der Waals surface area contributed by atoms with Gasteiger partial charge in [-0.2, -0.15) is 0 Å². The molecule has 1 N–H and O–H groups in total. The van der Waals surface area contributed by atoms with Crippen molar-refractivity contribution in [3.05, 3.63) is 27.8 Å². The average Bonchev–Trinajstić information content (AvgIpc) is 1.85. The molecule has 3 heteroatoms. The van der Waals surface area contributed by atoms with Crippen LogP contribution < -0.4 is 5.32 Å². The lowest BCUT2D eigenvalue weighted by atomic mass is 10.3. The van der Waals surface area contributed by atoms with Crippen LogP contribution in [-0.2, 0) is 4.79 Å². The second kappa shape index (κ2) is 3.71. The fourth-order valence-electron chi connectivity index (χ4n) is 0.769. The molecule has 1 aromatic rings. The fraction of sp³-hybridized carbons (Fsp3) is 0.125. The molecule has 2 nitrogen and oxygen atoms in total. The highest BCUT2D eigenvalue weighted by Gasteiger charge is 1.93. The lowest BCUT2D eigenvalue weighted by Gasteiger charge is -2.00. The first kappa shape index (κ1) is 8.52. The van der Waals surface area contributed by atoms with Crippen molar-refractivity contribution in [3.8, 4) is 0 Å². The summed E-state index contributed by atoms with van der Waals surface area (Å²) >= 11 is 2.20. The van der Waals surface area contributed by atoms with Crippen molar-refractivity contribution in [3.63, 3.8) is 0 Å². The fourth-order valence-corrected chi connectivity index (χ4v) is 1.31. The molecule has 0 unspecified atom stereocenters. The number of carbonyl (C=O) groups is 1. The van der Waals surface area contributed by atoms with Gasteiger partial charge in [-0.05, 0) is 40.8 Å². The van der Waals surface area contributed by atoms with Gasteiger partial charge in [-0.1, -0.05) is 6.07 Å². The van der Waals surface area contributed by atoms with Gasteiger partial charge in [0.25, 0.3) is 0 Å². The van der Waals surface area contributed by atoms with E-state index in [0.717, 1.165) is 9.26 Å². The van der Waals surface area contributed by atoms with E-state index in [4.69, 9.17) is 0 Å². The van der Waals surface area contributed by atoms with Crippen LogP contribution in [0, 0.1) is 3.57 Å². The maximum absolute atomic E-state index is 10.6. The Balaban J connectivity index is 0.00000121. The molecular formula is C8H10INO. The van der Waals surface area contributed by atoms with Gasteiger partial charge in [0.15, 0.2) is 0 Å². The number of hydrogen-bond acceptors (Lipinski definition) is 1. The van der Waals surface area contributed by atoms with Crippen LogP contribution in [0.5, 0.6) is 0 Å². The number of hydrogen-bond donors (Lipinski definition) is 1. The van der Waals surface area contributed by atoms with Crippen LogP contribution >= 0.6 is 22.6 Å². The van der Waals surface area contributed by atoms with E-state index < -0.39 is 0 Å². The molecule has 0 heterocycles. The van der Waals surface area contributed by atoms with Crippen molar-refractivity contribution in [2.45, 2.75) is 6.92 Å². The van der Waals surface area contributed by atoms with E-state index in [9.17, 15) is 4.79 Å². The normalized spacial score (nSPS) is 9.27. The second-order valence-corrected chi connectivity index (χ2v) is 3.44. The number of carbonyl (C=O) groups excluding carboxylic acids is 1. The second-order valence-electron chi connectivity index (χ2n) is 2.19. The third-order valence-corrected chi connectivity index (χ3v) is 1.82. The van der Waals surface area contributed by atoms with E-state index in [-0.39, 0.29) is 7.33 Å². The zero-order valence-electron chi connectivity index (χ0n) is 6.10. The summed E-state index contributed by atoms with van der Waals surface area (Å²) in [7, 11) is 0. The molecule has 11 heavy (non-hydrogen) atoms. The van der Waals surface area contributed by atoms with Gasteiger partial charge >= 0.3 is 0 Å². The quantitative estimate of drug-likeness (QED) is 0.775. The predicted molar refractivity (Wildman–Crippen MR) is 55.6 cm³/mol. The van der Waals surface area contributed by atoms with E-state index >= 15 is 0 Å². The lowest BCUT2D eigenvalue weighted by molar-refractivity contribution is -0.114. The van der Waals surface area contributed by atoms with Gasteiger partial charge in [0, 0.05) is 17.6 Å². The van der Waals surface area contributed by atoms with E-state index in [0.29, 0.717) is 0 Å². The summed E-state index contributed by atoms with van der Waals surface area (Å²) in [6.07, 6.45) is 0. The van der Waals surface area contributed by atoms with Crippen LogP contribution in [0.1, 0.15) is 8.35 Å². The maximum Gasteiger partial charge on any atom is 0.221 e. The summed E-state index contributed by atoms with van der Waals surface area (Å²) in [5.41, 5.74) is 0.851. The molecule has 0 atom stereocenters. The summed E-state index contributed by atoms with van der Waals surface area (Å²) in [5, 5.41) is 2.70. The highest BCUT2D eigenvalue weighted by atomic mass is 127. The predicted octanol–water partition coefficient (Wildman–Crippen LogP) is 2.50. The largest absolute Gasteiger partial charge is 0.326 e. The Labute approximate surface area is 80.6 Å². The molecule has 0 fully saturated rings. The Morgan fingerprint density at radius 1 is 1.64 bits per heavy atom. The van der Waals surface area contributed by atoms with Crippen molar-refractivity contribution in [1.29, 1.82) is 0 Å². The topological polar surface area (TPSA) is 29.1 Å². The SMILES string of the molecule is CC(=O)Nc1cccc(I)c1.[HH]. The van der Waals surface area contributed by atoms with Crippen molar-refractivity contribution in [2.75, 3.05) is 5.32 Å². The molecular weight excluding hydrogens is 253 g/mol. The van der Waals surface area contributed by atoms with Gasteiger partial charge in [0.2, 0.25) is 5.91 Å². The van der Waals surface area contributed by atoms with E-state index in [1.165, 1.54) is 6.92 Å². The summed E-state index contributed by atoms with van der Waals surface area (Å²) in [6, 6.07) is 7.67. The van der Waals surface area contributed by atoms with Crippen LogP contribution in [0.15, 0.2) is 24.3 Å². The molecule has 0 aromatic heterocycles. The molecule has 0 spiro atoms. The monoisotopic (exact) mass is 263 g/mol. The van der Waals surface area contributed by atoms with E-state index in [2.05, 4.69) is 27.9 Å². The molecule has 0 aliphatic carbocycles. The summed E-state index contributed by atoms with van der Waals surface area (Å²) in [6.45, 7) is 1.50. The molecule has 0 aliphatic rings. The zero-order valence-corrected chi connectivity index (χ0v) is 8.25. The molecule has 1 rings (SSSR count). The van der Waals surface area contributed by atoms with Gasteiger partial charge < -0.3 is 5.32 Å². The van der Waals surface area contributed by atoms with Crippen LogP contribution in [0.3, 0.4) is 0 Å². The third kappa shape index (κ3) is 2.88. The van der Waals surface area contributed by atoms with Crippen LogP contribution in [0.2, 0.25) is 0 Å². The van der Waals surface area contributed by atoms with Gasteiger partial charge in [0.05, 0.1) is 0 Å². The van der Waals surface area contributed by atoms with Crippen molar-refractivity contribution >= 4 is 34.2 Å². The molecule has 0 saturated heterocycles. The average molecular weight is 263 g/mol. The number of anilines is 1. The summed E-state index contributed by atoms with van der Waals surface area (Å²) in [4.78, 5) is 10.6. The molecule has 60 valence electrons. The number of nitrogens with one attached hydrogen (secondary N) is 1. The highest BCUT2D eigenvalue weighted by Crippen LogP contribution is 2.11. The van der Waals surface area contributed by atoms with Gasteiger partial charge in [-0.15, -0.1) is 0 Å². The number of halogens is 1. The first-order valence-electron chi connectivity index (χ1n) is 3.21. The smallest absolute Gasteiger partial charge is 0.221 e. The lowest BCUT2D eigenvalue weighted by Crippen LogP contribution is -2.05. The molecule has 0 bridgehead atoms. The Morgan fingerprint density at radius 2 is 2.36 bits per heavy atom. The summed E-state index contributed by atoms with van der Waals surface area (Å²) < 4.78 is 1.12. The number of amides is 1. The minimum absolute atomic E-state index is 0. The summed E-state index contributed by atoms with van der Waals surface area (Å²) in [5.74, 6) is -0.0352. The first-order chi connectivity index (χ1) is 5.18. The third-order valence-electron chi connectivity index (χ3n) is 1.14. The van der Waals surface area contributed by atoms with Gasteiger partial charge in [-0.3, -0.25) is 4.79 Å². The molecule has 0 saturated carbocycles. The van der Waals surface area contributed by atoms with Crippen LogP contribution in [0.25, 0.3) is 0 Å². The van der Waals surface area contributed by atoms with Crippen LogP contribution in [0.4, 0.5) is 5.69 Å². The Bertz CT molecular complexity index is 278. The Kier molecular flexibility index (Phi) is 2.87. The van der Waals surface area contributed by atoms with Crippen molar-refractivity contribution in [2.24, 2.45) is 0 Å². The minimum Gasteiger partial charge on any atom is -0.326 e. The van der Waals surface area contributed by atoms with Gasteiger partial charge in [0.1, 0.15) is 0 Å². The van der Waals surface area contributed by atoms with Crippen LogP contribution in [-0.4, -0.2) is 5.91 Å². The molecule has 1 amide bonds. The number of benzene rings is 1. The van der Waals surface area contributed by atoms with Crippen molar-refractivity contribution in [1.82, 2.24) is 0 Å². The Hall–Kier alpha value is -0.580. The number of rotatable bonds is 1. The highest BCUT2D eigenvalue weighted by molar-refractivity contribution is 14.1. The van der Waals surface area contributed by atoms with Gasteiger partial charge in [-0.25, -0.2) is 0 Å². The first-order valence-corrected chi connectivity index (χ1v) is 4.29. The van der Waals surface area contributed by atoms with E-state index in [1.54, 1.807) is 0 Å². The molecule has 0 aliphatic heterocycles. The zero-order chi connectivity index (χ0) is 8.27. The van der Waals surface area contributed by atoms with Crippen molar-refractivity contribution < 1.29 is 6.22 Å². The van der Waals surface area contributed by atoms with E-state index in [1.807, 2.05) is 24.3 Å². The molecule has 1 aromatic carbocycles.